The second kappa shape index (κ2) is 9.35. The fourth-order valence-corrected chi connectivity index (χ4v) is 5.77. The van der Waals surface area contributed by atoms with Gasteiger partial charge in [0.1, 0.15) is 15.8 Å². The Bertz CT molecular complexity index is 1150. The molecule has 1 saturated heterocycles. The van der Waals surface area contributed by atoms with Crippen LogP contribution in [0, 0.1) is 12.8 Å². The van der Waals surface area contributed by atoms with Crippen LogP contribution in [0.4, 0.5) is 5.82 Å². The minimum absolute atomic E-state index is 0.0219. The minimum Gasteiger partial charge on any atom is -0.367 e. The highest BCUT2D eigenvalue weighted by Gasteiger charge is 2.35. The summed E-state index contributed by atoms with van der Waals surface area (Å²) in [4.78, 5) is 33.6. The molecule has 2 aliphatic rings. The van der Waals surface area contributed by atoms with Crippen molar-refractivity contribution in [2.45, 2.75) is 71.9 Å². The third-order valence-corrected chi connectivity index (χ3v) is 7.90. The summed E-state index contributed by atoms with van der Waals surface area (Å²) in [6.45, 7) is 8.25. The van der Waals surface area contributed by atoms with Gasteiger partial charge in [0.05, 0.1) is 10.5 Å². The molecule has 1 atom stereocenters. The van der Waals surface area contributed by atoms with Crippen LogP contribution in [0.2, 0.25) is 0 Å². The zero-order chi connectivity index (χ0) is 23.0. The third kappa shape index (κ3) is 4.35. The summed E-state index contributed by atoms with van der Waals surface area (Å²) < 4.78 is 2.10. The summed E-state index contributed by atoms with van der Waals surface area (Å²) in [6, 6.07) is 4.08. The molecule has 170 valence electrons. The van der Waals surface area contributed by atoms with E-state index in [2.05, 4.69) is 12.2 Å². The molecule has 0 bridgehead atoms. The number of thiocarbonyl (C=S) groups is 1. The van der Waals surface area contributed by atoms with Gasteiger partial charge >= 0.3 is 0 Å². The number of carbonyl (C=O) groups excluding carboxylic acids is 1. The Morgan fingerprint density at radius 3 is 2.72 bits per heavy atom. The van der Waals surface area contributed by atoms with Gasteiger partial charge in [-0.3, -0.25) is 18.9 Å². The molecule has 1 aliphatic carbocycles. The van der Waals surface area contributed by atoms with E-state index in [9.17, 15) is 9.59 Å². The molecule has 2 aromatic heterocycles. The maximum atomic E-state index is 13.5. The normalized spacial score (nSPS) is 23.9. The number of anilines is 1. The maximum absolute atomic E-state index is 13.5. The van der Waals surface area contributed by atoms with E-state index in [0.717, 1.165) is 43.6 Å². The monoisotopic (exact) mass is 470 g/mol. The number of thioether (sulfide) groups is 1. The highest BCUT2D eigenvalue weighted by Crippen LogP contribution is 2.35. The number of hydrogen-bond acceptors (Lipinski definition) is 6. The molecule has 0 aromatic carbocycles. The average molecular weight is 471 g/mol. The number of pyridine rings is 1. The van der Waals surface area contributed by atoms with Crippen LogP contribution in [0.15, 0.2) is 28.0 Å². The smallest absolute Gasteiger partial charge is 0.267 e. The first-order chi connectivity index (χ1) is 15.3. The van der Waals surface area contributed by atoms with Gasteiger partial charge in [0.15, 0.2) is 0 Å². The molecule has 0 spiro atoms. The van der Waals surface area contributed by atoms with Crippen LogP contribution in [0.3, 0.4) is 0 Å². The van der Waals surface area contributed by atoms with Crippen molar-refractivity contribution >= 4 is 51.7 Å². The maximum Gasteiger partial charge on any atom is 0.267 e. The van der Waals surface area contributed by atoms with Crippen LogP contribution in [0.1, 0.15) is 64.0 Å². The van der Waals surface area contributed by atoms with Crippen molar-refractivity contribution in [1.82, 2.24) is 14.3 Å². The zero-order valence-corrected chi connectivity index (χ0v) is 20.7. The van der Waals surface area contributed by atoms with Crippen molar-refractivity contribution in [2.75, 3.05) is 5.32 Å². The van der Waals surface area contributed by atoms with E-state index in [1.807, 2.05) is 32.9 Å². The van der Waals surface area contributed by atoms with Crippen LogP contribution in [-0.2, 0) is 4.79 Å². The lowest BCUT2D eigenvalue weighted by Gasteiger charge is -2.28. The van der Waals surface area contributed by atoms with Crippen molar-refractivity contribution < 1.29 is 4.79 Å². The van der Waals surface area contributed by atoms with Crippen LogP contribution in [-0.4, -0.2) is 36.6 Å². The van der Waals surface area contributed by atoms with Gasteiger partial charge in [-0.05, 0) is 69.6 Å². The quantitative estimate of drug-likeness (QED) is 0.490. The van der Waals surface area contributed by atoms with E-state index in [1.165, 1.54) is 11.8 Å². The minimum atomic E-state index is -0.181. The van der Waals surface area contributed by atoms with Gasteiger partial charge in [-0.15, -0.1) is 0 Å². The van der Waals surface area contributed by atoms with E-state index in [4.69, 9.17) is 17.2 Å². The van der Waals surface area contributed by atoms with E-state index in [0.29, 0.717) is 26.3 Å². The van der Waals surface area contributed by atoms with Crippen molar-refractivity contribution in [1.29, 1.82) is 0 Å². The Morgan fingerprint density at radius 2 is 2.03 bits per heavy atom. The van der Waals surface area contributed by atoms with Crippen molar-refractivity contribution in [3.63, 3.8) is 0 Å². The molecule has 0 radical (unpaired) electrons. The molecular weight excluding hydrogens is 440 g/mol. The zero-order valence-electron chi connectivity index (χ0n) is 19.1. The number of nitrogens with one attached hydrogen (secondary N) is 1. The highest BCUT2D eigenvalue weighted by molar-refractivity contribution is 8.26. The predicted molar refractivity (Wildman–Crippen MR) is 136 cm³/mol. The van der Waals surface area contributed by atoms with Gasteiger partial charge in [-0.25, -0.2) is 4.98 Å². The third-order valence-electron chi connectivity index (χ3n) is 6.57. The van der Waals surface area contributed by atoms with E-state index in [-0.39, 0.29) is 23.6 Å². The van der Waals surface area contributed by atoms with Gasteiger partial charge in [0.2, 0.25) is 0 Å². The first-order valence-electron chi connectivity index (χ1n) is 11.4. The molecule has 32 heavy (non-hydrogen) atoms. The lowest BCUT2D eigenvalue weighted by atomic mass is 9.87. The van der Waals surface area contributed by atoms with Crippen LogP contribution in [0.5, 0.6) is 0 Å². The van der Waals surface area contributed by atoms with Gasteiger partial charge in [-0.1, -0.05) is 43.9 Å². The van der Waals surface area contributed by atoms with Crippen LogP contribution < -0.4 is 10.9 Å². The van der Waals surface area contributed by atoms with Crippen LogP contribution in [0.25, 0.3) is 11.7 Å². The summed E-state index contributed by atoms with van der Waals surface area (Å²) >= 11 is 6.73. The van der Waals surface area contributed by atoms with Gasteiger partial charge in [0.25, 0.3) is 11.5 Å². The molecule has 1 saturated carbocycles. The molecule has 4 rings (SSSR count). The molecule has 1 amide bonds. The summed E-state index contributed by atoms with van der Waals surface area (Å²) in [5.41, 5.74) is 1.80. The molecule has 1 aliphatic heterocycles. The predicted octanol–water partition coefficient (Wildman–Crippen LogP) is 4.99. The average Bonchev–Trinajstić information content (AvgIpc) is 3.05. The molecule has 8 heteroatoms. The molecular formula is C24H30N4O2S2. The number of nitrogens with zero attached hydrogens (tertiary/aromatic N) is 3. The standard InChI is InChI=1S/C24H30N4O2S2/c1-5-16(4)28-23(30)19(32-24(28)31)13-18-20(25-17-10-8-14(2)9-11-17)26-21-15(3)7-6-12-27(21)22(18)29/h6-7,12-14,16-17,25H,5,8-11H2,1-4H3. The van der Waals surface area contributed by atoms with Crippen molar-refractivity contribution in [3.8, 4) is 0 Å². The number of carbonyl (C=O) groups is 1. The SMILES string of the molecule is CCC(C)N1C(=O)C(=Cc2c(NC3CCC(C)CC3)nc3c(C)cccn3c2=O)SC1=S. The fourth-order valence-electron chi connectivity index (χ4n) is 4.32. The molecule has 3 heterocycles. The lowest BCUT2D eigenvalue weighted by molar-refractivity contribution is -0.123. The summed E-state index contributed by atoms with van der Waals surface area (Å²) in [5, 5.41) is 3.54. The number of rotatable bonds is 5. The molecule has 6 nitrogen and oxygen atoms in total. The van der Waals surface area contributed by atoms with Crippen molar-refractivity contribution in [2.24, 2.45) is 5.92 Å². The van der Waals surface area contributed by atoms with E-state index < -0.39 is 0 Å². The Kier molecular flexibility index (Phi) is 6.72. The Hall–Kier alpha value is -2.19. The first kappa shape index (κ1) is 23.0. The first-order valence-corrected chi connectivity index (χ1v) is 12.6. The molecule has 2 aromatic rings. The number of hydrogen-bond donors (Lipinski definition) is 1. The molecule has 1 N–H and O–H groups in total. The van der Waals surface area contributed by atoms with E-state index in [1.54, 1.807) is 21.6 Å². The van der Waals surface area contributed by atoms with Gasteiger partial charge in [0, 0.05) is 18.3 Å². The lowest BCUT2D eigenvalue weighted by Crippen LogP contribution is -2.36. The second-order valence-corrected chi connectivity index (χ2v) is 10.6. The summed E-state index contributed by atoms with van der Waals surface area (Å²) in [6.07, 6.45) is 8.63. The number of aryl methyl sites for hydroxylation is 1. The summed E-state index contributed by atoms with van der Waals surface area (Å²) in [5.74, 6) is 1.14. The van der Waals surface area contributed by atoms with Crippen molar-refractivity contribution in [3.05, 3.63) is 44.7 Å². The second-order valence-electron chi connectivity index (χ2n) is 8.97. The Labute approximate surface area is 198 Å². The molecule has 1 unspecified atom stereocenters. The van der Waals surface area contributed by atoms with E-state index >= 15 is 0 Å². The van der Waals surface area contributed by atoms with Gasteiger partial charge < -0.3 is 5.32 Å². The topological polar surface area (TPSA) is 66.7 Å². The fraction of sp³-hybridized carbons (Fsp3) is 0.500. The van der Waals surface area contributed by atoms with Gasteiger partial charge in [-0.2, -0.15) is 0 Å². The number of aromatic nitrogens is 2. The Morgan fingerprint density at radius 1 is 1.31 bits per heavy atom. The molecule has 2 fully saturated rings. The summed E-state index contributed by atoms with van der Waals surface area (Å²) in [7, 11) is 0. The number of fused-ring (bicyclic) bond motifs is 1. The highest BCUT2D eigenvalue weighted by atomic mass is 32.2. The number of amides is 1. The van der Waals surface area contributed by atoms with Crippen LogP contribution >= 0.6 is 24.0 Å². The largest absolute Gasteiger partial charge is 0.367 e. The Balaban J connectivity index is 1.80.